The van der Waals surface area contributed by atoms with Crippen LogP contribution in [0.5, 0.6) is 0 Å². The van der Waals surface area contributed by atoms with Gasteiger partial charge in [-0.3, -0.25) is 9.99 Å². The molecule has 1 aromatic heterocycles. The van der Waals surface area contributed by atoms with Gasteiger partial charge in [0.15, 0.2) is 0 Å². The van der Waals surface area contributed by atoms with Crippen molar-refractivity contribution in [2.75, 3.05) is 10.6 Å². The number of pyridine rings is 1. The molecule has 41 heavy (non-hydrogen) atoms. The lowest BCUT2D eigenvalue weighted by molar-refractivity contribution is 0.260. The molecule has 3 aromatic carbocycles. The highest BCUT2D eigenvalue weighted by Gasteiger charge is 2.37. The van der Waals surface area contributed by atoms with Gasteiger partial charge < -0.3 is 16.1 Å². The third kappa shape index (κ3) is 5.29. The predicted molar refractivity (Wildman–Crippen MR) is 161 cm³/mol. The van der Waals surface area contributed by atoms with E-state index in [2.05, 4.69) is 51.7 Å². The van der Waals surface area contributed by atoms with Crippen molar-refractivity contribution in [1.82, 2.24) is 21.0 Å². The van der Waals surface area contributed by atoms with Gasteiger partial charge in [0, 0.05) is 29.5 Å². The number of aromatic nitrogens is 1. The SMILES string of the molecule is [B]C(Nc1cc(Cl)c2ncc(C#N)c(N[C@H](CC)c3ccccc3)c2c1)(C1=CN(C2CC2)NN1)c1ccc(F)cc1. The van der Waals surface area contributed by atoms with Crippen LogP contribution < -0.4 is 21.6 Å². The molecule has 2 heterocycles. The normalized spacial score (nSPS) is 16.8. The number of rotatable bonds is 9. The van der Waals surface area contributed by atoms with Gasteiger partial charge in [0.1, 0.15) is 19.7 Å². The van der Waals surface area contributed by atoms with Crippen molar-refractivity contribution in [3.63, 3.8) is 0 Å². The minimum atomic E-state index is -1.27. The Morgan fingerprint density at radius 3 is 2.63 bits per heavy atom. The highest BCUT2D eigenvalue weighted by molar-refractivity contribution is 6.36. The predicted octanol–water partition coefficient (Wildman–Crippen LogP) is 6.22. The number of nitrogens with zero attached hydrogens (tertiary/aromatic N) is 3. The monoisotopic (exact) mass is 563 g/mol. The molecular formula is C31H28BClFN7. The Kier molecular flexibility index (Phi) is 7.20. The van der Waals surface area contributed by atoms with Gasteiger partial charge in [0.25, 0.3) is 0 Å². The van der Waals surface area contributed by atoms with E-state index in [-0.39, 0.29) is 11.9 Å². The van der Waals surface area contributed by atoms with E-state index in [0.717, 1.165) is 24.8 Å². The van der Waals surface area contributed by atoms with Crippen LogP contribution in [0.15, 0.2) is 84.8 Å². The summed E-state index contributed by atoms with van der Waals surface area (Å²) in [6.07, 6.45) is 6.45. The fraction of sp³-hybridized carbons (Fsp3) is 0.226. The molecule has 0 spiro atoms. The lowest BCUT2D eigenvalue weighted by Gasteiger charge is -2.34. The minimum absolute atomic E-state index is 0.0376. The molecule has 4 aromatic rings. The number of fused-ring (bicyclic) bond motifs is 1. The molecule has 1 aliphatic carbocycles. The number of halogens is 2. The number of nitrogens with one attached hydrogen (secondary N) is 4. The average molecular weight is 564 g/mol. The van der Waals surface area contributed by atoms with Crippen molar-refractivity contribution in [2.45, 2.75) is 43.7 Å². The van der Waals surface area contributed by atoms with Crippen molar-refractivity contribution >= 4 is 41.7 Å². The molecule has 2 aliphatic rings. The molecule has 0 bridgehead atoms. The topological polar surface area (TPSA) is 88.0 Å². The number of anilines is 2. The van der Waals surface area contributed by atoms with Gasteiger partial charge in [-0.05, 0) is 54.7 Å². The minimum Gasteiger partial charge on any atom is -0.378 e. The van der Waals surface area contributed by atoms with Crippen molar-refractivity contribution in [2.24, 2.45) is 0 Å². The third-order valence-corrected chi connectivity index (χ3v) is 7.86. The molecule has 2 radical (unpaired) electrons. The summed E-state index contributed by atoms with van der Waals surface area (Å²) in [4.78, 5) is 4.50. The molecule has 4 N–H and O–H groups in total. The number of benzene rings is 3. The summed E-state index contributed by atoms with van der Waals surface area (Å²) in [6, 6.07) is 22.4. The van der Waals surface area contributed by atoms with Crippen LogP contribution in [0.3, 0.4) is 0 Å². The quantitative estimate of drug-likeness (QED) is 0.180. The van der Waals surface area contributed by atoms with Gasteiger partial charge in [0.05, 0.1) is 39.0 Å². The summed E-state index contributed by atoms with van der Waals surface area (Å²) in [5, 5.41) is 20.1. The Hall–Kier alpha value is -4.26. The first-order valence-corrected chi connectivity index (χ1v) is 14.0. The van der Waals surface area contributed by atoms with E-state index in [0.29, 0.717) is 50.2 Å². The molecule has 7 nitrogen and oxygen atoms in total. The van der Waals surface area contributed by atoms with Gasteiger partial charge in [0.2, 0.25) is 0 Å². The van der Waals surface area contributed by atoms with E-state index < -0.39 is 5.44 Å². The van der Waals surface area contributed by atoms with Gasteiger partial charge in [-0.1, -0.05) is 61.0 Å². The molecule has 6 rings (SSSR count). The summed E-state index contributed by atoms with van der Waals surface area (Å²) in [7, 11) is 7.10. The van der Waals surface area contributed by atoms with Crippen LogP contribution in [0.2, 0.25) is 5.02 Å². The Morgan fingerprint density at radius 2 is 1.95 bits per heavy atom. The fourth-order valence-corrected chi connectivity index (χ4v) is 5.43. The number of hydrazine groups is 2. The maximum atomic E-state index is 13.9. The van der Waals surface area contributed by atoms with Crippen molar-refractivity contribution in [3.05, 3.63) is 112 Å². The van der Waals surface area contributed by atoms with Crippen LogP contribution in [0.4, 0.5) is 15.8 Å². The van der Waals surface area contributed by atoms with E-state index >= 15 is 0 Å². The number of hydrogen-bond donors (Lipinski definition) is 4. The van der Waals surface area contributed by atoms with Crippen LogP contribution in [0, 0.1) is 17.1 Å². The molecule has 1 saturated carbocycles. The van der Waals surface area contributed by atoms with E-state index in [4.69, 9.17) is 19.4 Å². The largest absolute Gasteiger partial charge is 0.378 e. The summed E-state index contributed by atoms with van der Waals surface area (Å²) in [5.74, 6) is -0.356. The summed E-state index contributed by atoms with van der Waals surface area (Å²) in [5.41, 5.74) is 9.70. The first-order valence-electron chi connectivity index (χ1n) is 13.6. The second-order valence-electron chi connectivity index (χ2n) is 10.4. The Labute approximate surface area is 244 Å². The lowest BCUT2D eigenvalue weighted by atomic mass is 9.69. The average Bonchev–Trinajstić information content (AvgIpc) is 3.72. The molecule has 204 valence electrons. The Morgan fingerprint density at radius 1 is 1.20 bits per heavy atom. The first kappa shape index (κ1) is 26.9. The zero-order chi connectivity index (χ0) is 28.6. The van der Waals surface area contributed by atoms with Crippen molar-refractivity contribution in [1.29, 1.82) is 5.26 Å². The maximum Gasteiger partial charge on any atom is 0.123 e. The van der Waals surface area contributed by atoms with Crippen molar-refractivity contribution < 1.29 is 4.39 Å². The van der Waals surface area contributed by atoms with Crippen molar-refractivity contribution in [3.8, 4) is 6.07 Å². The first-order chi connectivity index (χ1) is 19.9. The molecule has 1 aliphatic heterocycles. The van der Waals surface area contributed by atoms with Gasteiger partial charge in [-0.15, -0.1) is 5.53 Å². The van der Waals surface area contributed by atoms with E-state index in [1.807, 2.05) is 35.5 Å². The molecule has 2 atom stereocenters. The fourth-order valence-electron chi connectivity index (χ4n) is 5.17. The number of hydrogen-bond acceptors (Lipinski definition) is 7. The van der Waals surface area contributed by atoms with Crippen LogP contribution in [0.25, 0.3) is 10.9 Å². The van der Waals surface area contributed by atoms with Gasteiger partial charge in [-0.25, -0.2) is 4.39 Å². The summed E-state index contributed by atoms with van der Waals surface area (Å²) in [6.45, 7) is 2.09. The van der Waals surface area contributed by atoms with Crippen LogP contribution in [-0.4, -0.2) is 23.9 Å². The highest BCUT2D eigenvalue weighted by atomic mass is 35.5. The molecule has 1 unspecified atom stereocenters. The lowest BCUT2D eigenvalue weighted by Crippen LogP contribution is -2.45. The van der Waals surface area contributed by atoms with Gasteiger partial charge in [-0.2, -0.15) is 5.26 Å². The summed E-state index contributed by atoms with van der Waals surface area (Å²) < 4.78 is 13.9. The number of nitriles is 1. The van der Waals surface area contributed by atoms with Crippen LogP contribution in [-0.2, 0) is 5.44 Å². The maximum absolute atomic E-state index is 13.9. The van der Waals surface area contributed by atoms with Gasteiger partial charge >= 0.3 is 0 Å². The second-order valence-corrected chi connectivity index (χ2v) is 10.8. The second kappa shape index (κ2) is 11.0. The summed E-state index contributed by atoms with van der Waals surface area (Å²) >= 11 is 6.79. The molecular weight excluding hydrogens is 536 g/mol. The zero-order valence-electron chi connectivity index (χ0n) is 22.5. The van der Waals surface area contributed by atoms with E-state index in [1.54, 1.807) is 24.4 Å². The third-order valence-electron chi connectivity index (χ3n) is 7.57. The van der Waals surface area contributed by atoms with Crippen LogP contribution in [0.1, 0.15) is 48.9 Å². The zero-order valence-corrected chi connectivity index (χ0v) is 23.2. The molecule has 10 heteroatoms. The smallest absolute Gasteiger partial charge is 0.123 e. The van der Waals surface area contributed by atoms with E-state index in [1.165, 1.54) is 12.1 Å². The standard InChI is InChI=1S/C31H28BClFN7/c1-2-27(19-6-4-3-5-7-19)37-29-20(16-35)17-36-30-25(29)14-23(15-26(30)33)38-31(32,21-8-10-22(34)11-9-21)28-18-41(40-39-28)24-12-13-24/h3-11,14-15,17-18,24,27,38-40H,2,12-13H2,1H3,(H,36,37)/t27-,31?/m1/s1. The Balaban J connectivity index is 1.44. The molecule has 0 saturated heterocycles. The molecule has 0 amide bonds. The highest BCUT2D eigenvalue weighted by Crippen LogP contribution is 2.39. The van der Waals surface area contributed by atoms with E-state index in [9.17, 15) is 9.65 Å². The van der Waals surface area contributed by atoms with Crippen LogP contribution >= 0.6 is 11.6 Å². The molecule has 1 fully saturated rings. The Bertz CT molecular complexity index is 1650.